The van der Waals surface area contributed by atoms with Crippen LogP contribution in [0.3, 0.4) is 0 Å². The zero-order valence-corrected chi connectivity index (χ0v) is 13.0. The summed E-state index contributed by atoms with van der Waals surface area (Å²) >= 11 is 3.52. The molecule has 3 nitrogen and oxygen atoms in total. The van der Waals surface area contributed by atoms with E-state index in [1.807, 2.05) is 18.5 Å². The van der Waals surface area contributed by atoms with Gasteiger partial charge in [0.15, 0.2) is 0 Å². The second kappa shape index (κ2) is 6.35. The molecular formula is C14H16BrF2N3. The Labute approximate surface area is 125 Å². The SMILES string of the molecule is CCc1nn(CC)c(CNc2cc(F)ccc2F)c1Br. The molecule has 108 valence electrons. The lowest BCUT2D eigenvalue weighted by molar-refractivity contribution is 0.599. The van der Waals surface area contributed by atoms with Crippen LogP contribution in [0.25, 0.3) is 0 Å². The maximum absolute atomic E-state index is 13.6. The van der Waals surface area contributed by atoms with E-state index in [1.165, 1.54) is 0 Å². The smallest absolute Gasteiger partial charge is 0.146 e. The van der Waals surface area contributed by atoms with Gasteiger partial charge in [-0.3, -0.25) is 4.68 Å². The summed E-state index contributed by atoms with van der Waals surface area (Å²) in [6.45, 7) is 5.12. The molecule has 0 aliphatic carbocycles. The predicted molar refractivity (Wildman–Crippen MR) is 78.7 cm³/mol. The second-order valence-corrected chi connectivity index (χ2v) is 5.15. The molecule has 20 heavy (non-hydrogen) atoms. The Hall–Kier alpha value is -1.43. The van der Waals surface area contributed by atoms with Crippen LogP contribution in [0.2, 0.25) is 0 Å². The standard InChI is InChI=1S/C14H16BrF2N3/c1-3-11-14(15)13(20(4-2)19-11)8-18-12-7-9(16)5-6-10(12)17/h5-7,18H,3-4,8H2,1-2H3. The molecule has 0 unspecified atom stereocenters. The second-order valence-electron chi connectivity index (χ2n) is 4.35. The Morgan fingerprint density at radius 1 is 1.30 bits per heavy atom. The number of aromatic nitrogens is 2. The monoisotopic (exact) mass is 343 g/mol. The van der Waals surface area contributed by atoms with Crippen LogP contribution in [0.4, 0.5) is 14.5 Å². The summed E-state index contributed by atoms with van der Waals surface area (Å²) in [5.74, 6) is -0.938. The van der Waals surface area contributed by atoms with E-state index < -0.39 is 11.6 Å². The van der Waals surface area contributed by atoms with E-state index in [1.54, 1.807) is 0 Å². The van der Waals surface area contributed by atoms with Crippen molar-refractivity contribution in [3.05, 3.63) is 45.7 Å². The largest absolute Gasteiger partial charge is 0.377 e. The fourth-order valence-corrected chi connectivity index (χ4v) is 2.70. The van der Waals surface area contributed by atoms with E-state index in [4.69, 9.17) is 0 Å². The lowest BCUT2D eigenvalue weighted by atomic mass is 10.2. The quantitative estimate of drug-likeness (QED) is 0.884. The molecule has 1 heterocycles. The van der Waals surface area contributed by atoms with Crippen LogP contribution in [-0.4, -0.2) is 9.78 Å². The van der Waals surface area contributed by atoms with Gasteiger partial charge < -0.3 is 5.32 Å². The van der Waals surface area contributed by atoms with Gasteiger partial charge in [-0.2, -0.15) is 5.10 Å². The normalized spacial score (nSPS) is 10.8. The van der Waals surface area contributed by atoms with E-state index in [-0.39, 0.29) is 5.69 Å². The van der Waals surface area contributed by atoms with E-state index in [9.17, 15) is 8.78 Å². The molecular weight excluding hydrogens is 328 g/mol. The van der Waals surface area contributed by atoms with Crippen LogP contribution >= 0.6 is 15.9 Å². The average Bonchev–Trinajstić information content (AvgIpc) is 2.75. The number of aryl methyl sites for hydroxylation is 2. The van der Waals surface area contributed by atoms with Crippen molar-refractivity contribution in [3.8, 4) is 0 Å². The maximum atomic E-state index is 13.6. The number of hydrogen-bond donors (Lipinski definition) is 1. The molecule has 0 atom stereocenters. The molecule has 1 N–H and O–H groups in total. The highest BCUT2D eigenvalue weighted by Crippen LogP contribution is 2.24. The Bertz CT molecular complexity index is 611. The summed E-state index contributed by atoms with van der Waals surface area (Å²) in [4.78, 5) is 0. The summed E-state index contributed by atoms with van der Waals surface area (Å²) in [6.07, 6.45) is 0.814. The van der Waals surface area contributed by atoms with Crippen LogP contribution in [0, 0.1) is 11.6 Å². The molecule has 0 aliphatic rings. The molecule has 6 heteroatoms. The summed E-state index contributed by atoms with van der Waals surface area (Å²) < 4.78 is 29.5. The van der Waals surface area contributed by atoms with Gasteiger partial charge in [0.1, 0.15) is 11.6 Å². The molecule has 1 aromatic heterocycles. The zero-order chi connectivity index (χ0) is 14.7. The van der Waals surface area contributed by atoms with Gasteiger partial charge in [-0.1, -0.05) is 6.92 Å². The van der Waals surface area contributed by atoms with Crippen molar-refractivity contribution in [2.24, 2.45) is 0 Å². The predicted octanol–water partition coefficient (Wildman–Crippen LogP) is 4.12. The fourth-order valence-electron chi connectivity index (χ4n) is 2.00. The first-order chi connectivity index (χ1) is 9.56. The van der Waals surface area contributed by atoms with Crippen molar-refractivity contribution < 1.29 is 8.78 Å². The van der Waals surface area contributed by atoms with Gasteiger partial charge >= 0.3 is 0 Å². The van der Waals surface area contributed by atoms with Crippen molar-refractivity contribution in [2.75, 3.05) is 5.32 Å². The van der Waals surface area contributed by atoms with Gasteiger partial charge in [0.05, 0.1) is 28.1 Å². The molecule has 0 radical (unpaired) electrons. The van der Waals surface area contributed by atoms with E-state index in [0.29, 0.717) is 6.54 Å². The molecule has 2 aromatic rings. The maximum Gasteiger partial charge on any atom is 0.146 e. The van der Waals surface area contributed by atoms with Crippen LogP contribution < -0.4 is 5.32 Å². The van der Waals surface area contributed by atoms with Gasteiger partial charge in [-0.15, -0.1) is 0 Å². The fraction of sp³-hybridized carbons (Fsp3) is 0.357. The van der Waals surface area contributed by atoms with Crippen LogP contribution in [-0.2, 0) is 19.5 Å². The lowest BCUT2D eigenvalue weighted by Gasteiger charge is -2.09. The number of benzene rings is 1. The van der Waals surface area contributed by atoms with Crippen molar-refractivity contribution in [1.82, 2.24) is 9.78 Å². The number of hydrogen-bond acceptors (Lipinski definition) is 2. The summed E-state index contributed by atoms with van der Waals surface area (Å²) in [7, 11) is 0. The highest BCUT2D eigenvalue weighted by atomic mass is 79.9. The van der Waals surface area contributed by atoms with Crippen molar-refractivity contribution in [1.29, 1.82) is 0 Å². The Morgan fingerprint density at radius 2 is 2.05 bits per heavy atom. The molecule has 1 aromatic carbocycles. The average molecular weight is 344 g/mol. The van der Waals surface area contributed by atoms with Crippen molar-refractivity contribution in [3.63, 3.8) is 0 Å². The number of nitrogens with zero attached hydrogens (tertiary/aromatic N) is 2. The number of halogens is 3. The first-order valence-electron chi connectivity index (χ1n) is 6.49. The van der Waals surface area contributed by atoms with Crippen LogP contribution in [0.5, 0.6) is 0 Å². The Balaban J connectivity index is 2.22. The first kappa shape index (κ1) is 15.0. The molecule has 0 spiro atoms. The molecule has 0 fully saturated rings. The van der Waals surface area contributed by atoms with Crippen molar-refractivity contribution >= 4 is 21.6 Å². The highest BCUT2D eigenvalue weighted by molar-refractivity contribution is 9.10. The van der Waals surface area contributed by atoms with E-state index in [2.05, 4.69) is 26.3 Å². The molecule has 0 aliphatic heterocycles. The molecule has 0 amide bonds. The minimum Gasteiger partial charge on any atom is -0.377 e. The molecule has 0 bridgehead atoms. The highest BCUT2D eigenvalue weighted by Gasteiger charge is 2.14. The van der Waals surface area contributed by atoms with Gasteiger partial charge in [-0.05, 0) is 47.5 Å². The third-order valence-corrected chi connectivity index (χ3v) is 3.98. The summed E-state index contributed by atoms with van der Waals surface area (Å²) in [6, 6.07) is 3.36. The number of rotatable bonds is 5. The van der Waals surface area contributed by atoms with Gasteiger partial charge in [0.25, 0.3) is 0 Å². The topological polar surface area (TPSA) is 29.9 Å². The summed E-state index contributed by atoms with van der Waals surface area (Å²) in [5.41, 5.74) is 2.04. The lowest BCUT2D eigenvalue weighted by Crippen LogP contribution is -2.09. The first-order valence-corrected chi connectivity index (χ1v) is 7.29. The number of anilines is 1. The zero-order valence-electron chi connectivity index (χ0n) is 11.4. The molecule has 2 rings (SSSR count). The van der Waals surface area contributed by atoms with Crippen LogP contribution in [0.1, 0.15) is 25.2 Å². The van der Waals surface area contributed by atoms with Gasteiger partial charge in [-0.25, -0.2) is 8.78 Å². The minimum atomic E-state index is -0.471. The molecule has 0 saturated carbocycles. The van der Waals surface area contributed by atoms with Crippen LogP contribution in [0.15, 0.2) is 22.7 Å². The Morgan fingerprint density at radius 3 is 2.70 bits per heavy atom. The summed E-state index contributed by atoms with van der Waals surface area (Å²) in [5, 5.41) is 7.38. The van der Waals surface area contributed by atoms with Crippen molar-refractivity contribution in [2.45, 2.75) is 33.4 Å². The van der Waals surface area contributed by atoms with Gasteiger partial charge in [0.2, 0.25) is 0 Å². The van der Waals surface area contributed by atoms with E-state index in [0.717, 1.165) is 47.0 Å². The van der Waals surface area contributed by atoms with Gasteiger partial charge in [0, 0.05) is 6.54 Å². The third-order valence-electron chi connectivity index (χ3n) is 3.07. The third kappa shape index (κ3) is 3.00. The molecule has 0 saturated heterocycles. The minimum absolute atomic E-state index is 0.152. The Kier molecular flexibility index (Phi) is 4.75. The van der Waals surface area contributed by atoms with E-state index >= 15 is 0 Å². The number of nitrogens with one attached hydrogen (secondary N) is 1.